The highest BCUT2D eigenvalue weighted by Gasteiger charge is 2.15. The SMILES string of the molecule is CCn1nc(C)cc1-c1nnc(CCC(=O)NCC(=O)OC)o1. The fourth-order valence-corrected chi connectivity index (χ4v) is 1.97. The highest BCUT2D eigenvalue weighted by Crippen LogP contribution is 2.19. The summed E-state index contributed by atoms with van der Waals surface area (Å²) in [7, 11) is 1.26. The molecule has 124 valence electrons. The quantitative estimate of drug-likeness (QED) is 0.738. The number of aryl methyl sites for hydroxylation is 3. The Balaban J connectivity index is 1.92. The highest BCUT2D eigenvalue weighted by atomic mass is 16.5. The molecule has 23 heavy (non-hydrogen) atoms. The number of methoxy groups -OCH3 is 1. The van der Waals surface area contributed by atoms with E-state index in [-0.39, 0.29) is 18.9 Å². The summed E-state index contributed by atoms with van der Waals surface area (Å²) in [6, 6.07) is 1.86. The van der Waals surface area contributed by atoms with Gasteiger partial charge in [0.15, 0.2) is 0 Å². The Morgan fingerprint density at radius 1 is 1.39 bits per heavy atom. The van der Waals surface area contributed by atoms with Gasteiger partial charge in [-0.15, -0.1) is 10.2 Å². The molecule has 0 saturated heterocycles. The Hall–Kier alpha value is -2.71. The minimum Gasteiger partial charge on any atom is -0.468 e. The lowest BCUT2D eigenvalue weighted by molar-refractivity contribution is -0.141. The Labute approximate surface area is 133 Å². The van der Waals surface area contributed by atoms with Gasteiger partial charge < -0.3 is 14.5 Å². The summed E-state index contributed by atoms with van der Waals surface area (Å²) in [5.41, 5.74) is 1.61. The molecule has 0 fully saturated rings. The number of hydrogen-bond acceptors (Lipinski definition) is 7. The number of rotatable bonds is 7. The number of hydrogen-bond donors (Lipinski definition) is 1. The lowest BCUT2D eigenvalue weighted by atomic mass is 10.3. The molecular weight excluding hydrogens is 302 g/mol. The Morgan fingerprint density at radius 2 is 2.17 bits per heavy atom. The molecular formula is C14H19N5O4. The van der Waals surface area contributed by atoms with Crippen molar-refractivity contribution in [3.05, 3.63) is 17.7 Å². The van der Waals surface area contributed by atoms with E-state index in [1.807, 2.05) is 19.9 Å². The first-order valence-electron chi connectivity index (χ1n) is 7.24. The van der Waals surface area contributed by atoms with Crippen molar-refractivity contribution in [1.82, 2.24) is 25.3 Å². The van der Waals surface area contributed by atoms with E-state index in [0.29, 0.717) is 24.7 Å². The van der Waals surface area contributed by atoms with E-state index in [9.17, 15) is 9.59 Å². The van der Waals surface area contributed by atoms with Crippen molar-refractivity contribution in [2.45, 2.75) is 33.2 Å². The predicted molar refractivity (Wildman–Crippen MR) is 79.3 cm³/mol. The van der Waals surface area contributed by atoms with E-state index >= 15 is 0 Å². The van der Waals surface area contributed by atoms with Gasteiger partial charge in [0.1, 0.15) is 12.2 Å². The summed E-state index contributed by atoms with van der Waals surface area (Å²) in [4.78, 5) is 22.5. The molecule has 2 aromatic heterocycles. The normalized spacial score (nSPS) is 10.6. The first-order chi connectivity index (χ1) is 11.0. The molecule has 1 N–H and O–H groups in total. The number of carbonyl (C=O) groups excluding carboxylic acids is 2. The van der Waals surface area contributed by atoms with Crippen LogP contribution < -0.4 is 5.32 Å². The molecule has 0 aromatic carbocycles. The van der Waals surface area contributed by atoms with E-state index in [1.165, 1.54) is 7.11 Å². The monoisotopic (exact) mass is 321 g/mol. The molecule has 9 nitrogen and oxygen atoms in total. The number of amides is 1. The van der Waals surface area contributed by atoms with Gasteiger partial charge in [0.25, 0.3) is 5.89 Å². The Bertz CT molecular complexity index is 691. The summed E-state index contributed by atoms with van der Waals surface area (Å²) in [5, 5.41) is 14.7. The fourth-order valence-electron chi connectivity index (χ4n) is 1.97. The van der Waals surface area contributed by atoms with Crippen LogP contribution in [-0.2, 0) is 27.3 Å². The van der Waals surface area contributed by atoms with Crippen LogP contribution in [0.15, 0.2) is 10.5 Å². The van der Waals surface area contributed by atoms with Crippen LogP contribution in [0.25, 0.3) is 11.6 Å². The summed E-state index contributed by atoms with van der Waals surface area (Å²) >= 11 is 0. The third kappa shape index (κ3) is 4.38. The van der Waals surface area contributed by atoms with Crippen LogP contribution in [-0.4, -0.2) is 45.5 Å². The van der Waals surface area contributed by atoms with Crippen LogP contribution in [0.2, 0.25) is 0 Å². The molecule has 0 unspecified atom stereocenters. The van der Waals surface area contributed by atoms with Gasteiger partial charge in [-0.3, -0.25) is 14.3 Å². The van der Waals surface area contributed by atoms with Crippen LogP contribution in [0.1, 0.15) is 24.9 Å². The van der Waals surface area contributed by atoms with Gasteiger partial charge in [-0.2, -0.15) is 5.10 Å². The molecule has 0 aliphatic heterocycles. The van der Waals surface area contributed by atoms with Crippen molar-refractivity contribution in [2.24, 2.45) is 0 Å². The zero-order chi connectivity index (χ0) is 16.8. The van der Waals surface area contributed by atoms with E-state index < -0.39 is 5.97 Å². The molecule has 0 aliphatic carbocycles. The molecule has 0 radical (unpaired) electrons. The highest BCUT2D eigenvalue weighted by molar-refractivity contribution is 5.81. The molecule has 0 atom stereocenters. The summed E-state index contributed by atoms with van der Waals surface area (Å²) in [6.45, 7) is 4.40. The van der Waals surface area contributed by atoms with Crippen LogP contribution >= 0.6 is 0 Å². The maximum atomic E-state index is 11.6. The number of carbonyl (C=O) groups is 2. The van der Waals surface area contributed by atoms with E-state index in [1.54, 1.807) is 4.68 Å². The van der Waals surface area contributed by atoms with E-state index in [4.69, 9.17) is 4.42 Å². The molecule has 0 bridgehead atoms. The van der Waals surface area contributed by atoms with Crippen molar-refractivity contribution < 1.29 is 18.7 Å². The van der Waals surface area contributed by atoms with Gasteiger partial charge in [0, 0.05) is 19.4 Å². The topological polar surface area (TPSA) is 112 Å². The minimum atomic E-state index is -0.498. The molecule has 0 spiro atoms. The second kappa shape index (κ2) is 7.52. The van der Waals surface area contributed by atoms with Gasteiger partial charge in [-0.25, -0.2) is 0 Å². The maximum Gasteiger partial charge on any atom is 0.325 e. The predicted octanol–water partition coefficient (Wildman–Crippen LogP) is 0.483. The van der Waals surface area contributed by atoms with Crippen LogP contribution in [0.5, 0.6) is 0 Å². The van der Waals surface area contributed by atoms with Crippen molar-refractivity contribution in [3.8, 4) is 11.6 Å². The molecule has 2 rings (SSSR count). The molecule has 2 heterocycles. The van der Waals surface area contributed by atoms with Crippen molar-refractivity contribution in [1.29, 1.82) is 0 Å². The number of esters is 1. The summed E-state index contributed by atoms with van der Waals surface area (Å²) in [6.07, 6.45) is 0.434. The van der Waals surface area contributed by atoms with E-state index in [2.05, 4.69) is 25.3 Å². The fraction of sp³-hybridized carbons (Fsp3) is 0.500. The van der Waals surface area contributed by atoms with Gasteiger partial charge in [0.05, 0.1) is 12.8 Å². The van der Waals surface area contributed by atoms with Crippen LogP contribution in [0, 0.1) is 6.92 Å². The first-order valence-corrected chi connectivity index (χ1v) is 7.24. The van der Waals surface area contributed by atoms with Gasteiger partial charge in [0.2, 0.25) is 11.8 Å². The number of ether oxygens (including phenoxy) is 1. The van der Waals surface area contributed by atoms with Crippen LogP contribution in [0.4, 0.5) is 0 Å². The molecule has 0 aliphatic rings. The average molecular weight is 321 g/mol. The minimum absolute atomic E-state index is 0.144. The van der Waals surface area contributed by atoms with Crippen molar-refractivity contribution >= 4 is 11.9 Å². The lowest BCUT2D eigenvalue weighted by Crippen LogP contribution is -2.30. The largest absolute Gasteiger partial charge is 0.468 e. The lowest BCUT2D eigenvalue weighted by Gasteiger charge is -2.02. The van der Waals surface area contributed by atoms with Gasteiger partial charge in [-0.05, 0) is 19.9 Å². The van der Waals surface area contributed by atoms with Crippen LogP contribution in [0.3, 0.4) is 0 Å². The molecule has 0 saturated carbocycles. The smallest absolute Gasteiger partial charge is 0.325 e. The molecule has 1 amide bonds. The zero-order valence-corrected chi connectivity index (χ0v) is 13.3. The number of nitrogens with zero attached hydrogens (tertiary/aromatic N) is 4. The average Bonchev–Trinajstić information content (AvgIpc) is 3.16. The van der Waals surface area contributed by atoms with Gasteiger partial charge in [-0.1, -0.05) is 0 Å². The molecule has 2 aromatic rings. The second-order valence-electron chi connectivity index (χ2n) is 4.84. The Kier molecular flexibility index (Phi) is 5.45. The van der Waals surface area contributed by atoms with E-state index in [0.717, 1.165) is 11.4 Å². The third-order valence-corrected chi connectivity index (χ3v) is 3.11. The Morgan fingerprint density at radius 3 is 2.87 bits per heavy atom. The number of aromatic nitrogens is 4. The standard InChI is InChI=1S/C14H19N5O4/c1-4-19-10(7-9(2)18-19)14-17-16-12(23-14)6-5-11(20)15-8-13(21)22-3/h7H,4-6,8H2,1-3H3,(H,15,20). The summed E-state index contributed by atoms with van der Waals surface area (Å²) in [5.74, 6) is -0.0571. The third-order valence-electron chi connectivity index (χ3n) is 3.11. The van der Waals surface area contributed by atoms with Crippen molar-refractivity contribution in [3.63, 3.8) is 0 Å². The summed E-state index contributed by atoms with van der Waals surface area (Å²) < 4.78 is 11.8. The maximum absolute atomic E-state index is 11.6. The second-order valence-corrected chi connectivity index (χ2v) is 4.84. The molecule has 9 heteroatoms. The van der Waals surface area contributed by atoms with Crippen molar-refractivity contribution in [2.75, 3.05) is 13.7 Å². The first kappa shape index (κ1) is 16.7. The zero-order valence-electron chi connectivity index (χ0n) is 13.3. The number of nitrogens with one attached hydrogen (secondary N) is 1. The van der Waals surface area contributed by atoms with Gasteiger partial charge >= 0.3 is 5.97 Å².